The fourth-order valence-corrected chi connectivity index (χ4v) is 3.65. The molecule has 3 heterocycles. The van der Waals surface area contributed by atoms with E-state index in [1.165, 1.54) is 0 Å². The summed E-state index contributed by atoms with van der Waals surface area (Å²) in [6.45, 7) is 0. The van der Waals surface area contributed by atoms with Gasteiger partial charge in [-0.2, -0.15) is 18.3 Å². The van der Waals surface area contributed by atoms with Gasteiger partial charge in [-0.1, -0.05) is 12.1 Å². The predicted molar refractivity (Wildman–Crippen MR) is 126 cm³/mol. The van der Waals surface area contributed by atoms with Gasteiger partial charge in [0.25, 0.3) is 0 Å². The molecule has 0 bridgehead atoms. The van der Waals surface area contributed by atoms with Crippen LogP contribution in [0.2, 0.25) is 0 Å². The number of carbonyl (C=O) groups excluding carboxylic acids is 1. The highest BCUT2D eigenvalue weighted by molar-refractivity contribution is 6.00. The molecular formula is C25H16F4N6O. The number of halogens is 4. The largest absolute Gasteiger partial charge is 0.419 e. The van der Waals surface area contributed by atoms with Crippen molar-refractivity contribution in [3.8, 4) is 22.5 Å². The number of benzene rings is 2. The minimum absolute atomic E-state index is 0.201. The van der Waals surface area contributed by atoms with Crippen LogP contribution in [0.5, 0.6) is 0 Å². The van der Waals surface area contributed by atoms with Crippen LogP contribution in [0, 0.1) is 5.82 Å². The van der Waals surface area contributed by atoms with E-state index in [0.717, 1.165) is 11.6 Å². The summed E-state index contributed by atoms with van der Waals surface area (Å²) >= 11 is 0. The fourth-order valence-electron chi connectivity index (χ4n) is 3.65. The number of carbonyl (C=O) groups is 1. The van der Waals surface area contributed by atoms with Crippen LogP contribution < -0.4 is 10.6 Å². The summed E-state index contributed by atoms with van der Waals surface area (Å²) in [5.41, 5.74) is 2.35. The second-order valence-electron chi connectivity index (χ2n) is 7.72. The third kappa shape index (κ3) is 4.71. The van der Waals surface area contributed by atoms with Crippen LogP contribution in [-0.4, -0.2) is 25.6 Å². The van der Waals surface area contributed by atoms with Gasteiger partial charge in [0, 0.05) is 47.2 Å². The minimum Gasteiger partial charge on any atom is -0.308 e. The second-order valence-corrected chi connectivity index (χ2v) is 7.72. The van der Waals surface area contributed by atoms with Crippen LogP contribution in [0.1, 0.15) is 5.56 Å². The van der Waals surface area contributed by atoms with Gasteiger partial charge in [0.2, 0.25) is 0 Å². The maximum absolute atomic E-state index is 13.5. The van der Waals surface area contributed by atoms with Crippen molar-refractivity contribution in [2.24, 2.45) is 0 Å². The average Bonchev–Trinajstić information content (AvgIpc) is 3.30. The van der Waals surface area contributed by atoms with E-state index in [4.69, 9.17) is 0 Å². The maximum atomic E-state index is 13.5. The molecule has 5 rings (SSSR count). The molecule has 0 spiro atoms. The Bertz CT molecular complexity index is 1570. The van der Waals surface area contributed by atoms with Crippen LogP contribution in [0.15, 0.2) is 85.3 Å². The monoisotopic (exact) mass is 492 g/mol. The lowest BCUT2D eigenvalue weighted by atomic mass is 10.1. The maximum Gasteiger partial charge on any atom is 0.419 e. The first-order valence-corrected chi connectivity index (χ1v) is 10.6. The van der Waals surface area contributed by atoms with E-state index < -0.39 is 23.6 Å². The summed E-state index contributed by atoms with van der Waals surface area (Å²) in [7, 11) is 0. The number of fused-ring (bicyclic) bond motifs is 1. The van der Waals surface area contributed by atoms with Crippen LogP contribution >= 0.6 is 0 Å². The van der Waals surface area contributed by atoms with E-state index in [1.807, 2.05) is 24.3 Å². The summed E-state index contributed by atoms with van der Waals surface area (Å²) < 4.78 is 54.0. The Kier molecular flexibility index (Phi) is 5.80. The highest BCUT2D eigenvalue weighted by Crippen LogP contribution is 2.33. The molecular weight excluding hydrogens is 476 g/mol. The molecule has 0 fully saturated rings. The molecule has 11 heteroatoms. The van der Waals surface area contributed by atoms with Crippen molar-refractivity contribution in [1.29, 1.82) is 0 Å². The van der Waals surface area contributed by atoms with E-state index >= 15 is 0 Å². The SMILES string of the molecule is O=C(Nc1cccc(-c2ccnc3cc(-c4ccncc4)nn23)c1)Nc1ccc(F)c(C(F)(F)F)c1. The number of rotatable bonds is 4. The molecule has 0 saturated carbocycles. The fraction of sp³-hybridized carbons (Fsp3) is 0.0400. The van der Waals surface area contributed by atoms with E-state index in [2.05, 4.69) is 25.7 Å². The van der Waals surface area contributed by atoms with Crippen molar-refractivity contribution in [2.45, 2.75) is 6.18 Å². The Morgan fingerprint density at radius 2 is 1.58 bits per heavy atom. The Morgan fingerprint density at radius 3 is 2.33 bits per heavy atom. The first-order chi connectivity index (χ1) is 17.3. The number of pyridine rings is 1. The van der Waals surface area contributed by atoms with Gasteiger partial charge in [-0.25, -0.2) is 18.7 Å². The Morgan fingerprint density at radius 1 is 0.833 bits per heavy atom. The van der Waals surface area contributed by atoms with Gasteiger partial charge in [-0.05, 0) is 48.5 Å². The third-order valence-electron chi connectivity index (χ3n) is 5.28. The van der Waals surface area contributed by atoms with Crippen LogP contribution in [0.3, 0.4) is 0 Å². The second kappa shape index (κ2) is 9.10. The van der Waals surface area contributed by atoms with Gasteiger partial charge in [0.1, 0.15) is 5.82 Å². The number of nitrogens with one attached hydrogen (secondary N) is 2. The van der Waals surface area contributed by atoms with Crippen LogP contribution in [-0.2, 0) is 6.18 Å². The van der Waals surface area contributed by atoms with Gasteiger partial charge >= 0.3 is 12.2 Å². The third-order valence-corrected chi connectivity index (χ3v) is 5.28. The Labute approximate surface area is 201 Å². The van der Waals surface area contributed by atoms with Gasteiger partial charge in [-0.3, -0.25) is 4.98 Å². The summed E-state index contributed by atoms with van der Waals surface area (Å²) in [5.74, 6) is -1.42. The summed E-state index contributed by atoms with van der Waals surface area (Å²) in [6, 6.07) is 15.6. The van der Waals surface area contributed by atoms with E-state index in [-0.39, 0.29) is 5.69 Å². The molecule has 0 atom stereocenters. The zero-order valence-corrected chi connectivity index (χ0v) is 18.3. The van der Waals surface area contributed by atoms with Crippen molar-refractivity contribution in [1.82, 2.24) is 19.6 Å². The molecule has 0 unspecified atom stereocenters. The molecule has 0 saturated heterocycles. The number of nitrogens with zero attached hydrogens (tertiary/aromatic N) is 4. The van der Waals surface area contributed by atoms with Crippen molar-refractivity contribution in [3.05, 3.63) is 96.7 Å². The number of urea groups is 1. The molecule has 36 heavy (non-hydrogen) atoms. The lowest BCUT2D eigenvalue weighted by molar-refractivity contribution is -0.139. The predicted octanol–water partition coefficient (Wildman–Crippen LogP) is 6.26. The van der Waals surface area contributed by atoms with E-state index in [9.17, 15) is 22.4 Å². The minimum atomic E-state index is -4.88. The molecule has 5 aromatic rings. The molecule has 180 valence electrons. The molecule has 0 aliphatic heterocycles. The summed E-state index contributed by atoms with van der Waals surface area (Å²) in [4.78, 5) is 20.8. The number of hydrogen-bond acceptors (Lipinski definition) is 4. The molecule has 7 nitrogen and oxygen atoms in total. The van der Waals surface area contributed by atoms with Gasteiger partial charge in [-0.15, -0.1) is 0 Å². The smallest absolute Gasteiger partial charge is 0.308 e. The molecule has 2 amide bonds. The first kappa shape index (κ1) is 23.0. The van der Waals surface area contributed by atoms with Crippen molar-refractivity contribution >= 4 is 23.1 Å². The number of aromatic nitrogens is 4. The normalized spacial score (nSPS) is 11.4. The molecule has 0 aliphatic rings. The number of alkyl halides is 3. The van der Waals surface area contributed by atoms with E-state index in [1.54, 1.807) is 47.4 Å². The van der Waals surface area contributed by atoms with Gasteiger partial charge < -0.3 is 10.6 Å². The highest BCUT2D eigenvalue weighted by atomic mass is 19.4. The zero-order valence-electron chi connectivity index (χ0n) is 18.3. The number of hydrogen-bond donors (Lipinski definition) is 2. The van der Waals surface area contributed by atoms with Gasteiger partial charge in [0.05, 0.1) is 17.0 Å². The van der Waals surface area contributed by atoms with Crippen molar-refractivity contribution in [2.75, 3.05) is 10.6 Å². The summed E-state index contributed by atoms with van der Waals surface area (Å²) in [5, 5.41) is 9.51. The lowest BCUT2D eigenvalue weighted by Gasteiger charge is -2.12. The molecule has 3 aromatic heterocycles. The molecule has 2 N–H and O–H groups in total. The van der Waals surface area contributed by atoms with Gasteiger partial charge in [0.15, 0.2) is 5.65 Å². The van der Waals surface area contributed by atoms with E-state index in [0.29, 0.717) is 40.4 Å². The highest BCUT2D eigenvalue weighted by Gasteiger charge is 2.34. The van der Waals surface area contributed by atoms with Crippen molar-refractivity contribution in [3.63, 3.8) is 0 Å². The quantitative estimate of drug-likeness (QED) is 0.290. The topological polar surface area (TPSA) is 84.2 Å². The first-order valence-electron chi connectivity index (χ1n) is 10.6. The standard InChI is InChI=1S/C25H16F4N6O/c26-20-5-4-18(13-19(20)25(27,28)29)33-24(36)32-17-3-1-2-16(12-17)22-8-11-31-23-14-21(34-35(22)23)15-6-9-30-10-7-15/h1-14H,(H2,32,33,36). The average molecular weight is 492 g/mol. The van der Waals surface area contributed by atoms with Crippen molar-refractivity contribution < 1.29 is 22.4 Å². The van der Waals surface area contributed by atoms with Crippen LogP contribution in [0.25, 0.3) is 28.2 Å². The summed E-state index contributed by atoms with van der Waals surface area (Å²) in [6.07, 6.45) is 0.0992. The Balaban J connectivity index is 1.39. The molecule has 0 aliphatic carbocycles. The Hall–Kier alpha value is -4.80. The van der Waals surface area contributed by atoms with Crippen LogP contribution in [0.4, 0.5) is 33.7 Å². The lowest BCUT2D eigenvalue weighted by Crippen LogP contribution is -2.20. The molecule has 0 radical (unpaired) electrons. The zero-order chi connectivity index (χ0) is 25.3. The number of anilines is 2. The molecule has 2 aromatic carbocycles. The number of amides is 2.